The number of hydrogen-bond donors (Lipinski definition) is 2. The number of nitrogens with one attached hydrogen (secondary N) is 1. The number of nitro groups is 1. The summed E-state index contributed by atoms with van der Waals surface area (Å²) in [5, 5.41) is 14.3. The molecule has 0 bridgehead atoms. The largest absolute Gasteiger partial charge is 0.497 e. The Balaban J connectivity index is 0.00000324. The summed E-state index contributed by atoms with van der Waals surface area (Å²) < 4.78 is 5.24. The highest BCUT2D eigenvalue weighted by Crippen LogP contribution is 2.28. The average Bonchev–Trinajstić information content (AvgIpc) is 2.84. The Morgan fingerprint density at radius 2 is 1.74 bits per heavy atom. The minimum absolute atomic E-state index is 0. The second-order valence-corrected chi connectivity index (χ2v) is 7.93. The fraction of sp³-hybridized carbons (Fsp3) is 0.292. The minimum Gasteiger partial charge on any atom is -0.497 e. The van der Waals surface area contributed by atoms with Crippen molar-refractivity contribution in [3.05, 3.63) is 64.7 Å². The summed E-state index contributed by atoms with van der Waals surface area (Å²) in [4.78, 5) is 24.6. The van der Waals surface area contributed by atoms with Crippen LogP contribution in [0.3, 0.4) is 0 Å². The third-order valence-electron chi connectivity index (χ3n) is 5.60. The van der Waals surface area contributed by atoms with Gasteiger partial charge in [0.1, 0.15) is 5.75 Å². The smallest absolute Gasteiger partial charge is 0.270 e. The number of aromatic nitrogens is 2. The van der Waals surface area contributed by atoms with Gasteiger partial charge in [0, 0.05) is 23.3 Å². The van der Waals surface area contributed by atoms with Crippen LogP contribution < -0.4 is 15.8 Å². The third kappa shape index (κ3) is 6.20. The van der Waals surface area contributed by atoms with E-state index < -0.39 is 4.92 Å². The first-order valence-corrected chi connectivity index (χ1v) is 10.9. The molecule has 178 valence electrons. The molecular weight excluding hydrogens is 456 g/mol. The number of nitro benzene ring substituents is 1. The Kier molecular flexibility index (Phi) is 8.37. The molecule has 1 aromatic heterocycles. The predicted octanol–water partition coefficient (Wildman–Crippen LogP) is 5.21. The summed E-state index contributed by atoms with van der Waals surface area (Å²) in [6.45, 7) is 0. The van der Waals surface area contributed by atoms with E-state index in [1.54, 1.807) is 25.3 Å². The van der Waals surface area contributed by atoms with E-state index in [4.69, 9.17) is 10.5 Å². The second kappa shape index (κ2) is 11.4. The molecule has 1 fully saturated rings. The number of halogens is 1. The SMILES string of the molecule is COc1ccc(-c2cc(-c3cccc([N+](=O)[O-])c3)nc(NC(N)=NC3CCCCC3)n2)cc1.Cl. The highest BCUT2D eigenvalue weighted by Gasteiger charge is 2.15. The van der Waals surface area contributed by atoms with Crippen molar-refractivity contribution in [2.75, 3.05) is 12.4 Å². The Hall–Kier alpha value is -3.72. The van der Waals surface area contributed by atoms with E-state index in [-0.39, 0.29) is 36.0 Å². The van der Waals surface area contributed by atoms with E-state index in [0.717, 1.165) is 37.0 Å². The lowest BCUT2D eigenvalue weighted by Crippen LogP contribution is -2.27. The molecule has 1 saturated carbocycles. The van der Waals surface area contributed by atoms with Gasteiger partial charge in [0.25, 0.3) is 5.69 Å². The highest BCUT2D eigenvalue weighted by molar-refractivity contribution is 5.91. The first-order chi connectivity index (χ1) is 16.0. The van der Waals surface area contributed by atoms with E-state index in [2.05, 4.69) is 20.3 Å². The summed E-state index contributed by atoms with van der Waals surface area (Å²) in [5.41, 5.74) is 8.78. The summed E-state index contributed by atoms with van der Waals surface area (Å²) in [7, 11) is 1.61. The fourth-order valence-corrected chi connectivity index (χ4v) is 3.89. The molecule has 0 saturated heterocycles. The zero-order chi connectivity index (χ0) is 23.2. The molecule has 1 aliphatic rings. The number of hydrogen-bond acceptors (Lipinski definition) is 6. The van der Waals surface area contributed by atoms with Crippen LogP contribution in [0, 0.1) is 10.1 Å². The Morgan fingerprint density at radius 1 is 1.06 bits per heavy atom. The summed E-state index contributed by atoms with van der Waals surface area (Å²) >= 11 is 0. The number of ether oxygens (including phenoxy) is 1. The molecule has 0 aliphatic heterocycles. The zero-order valence-electron chi connectivity index (χ0n) is 18.8. The first-order valence-electron chi connectivity index (χ1n) is 10.9. The molecule has 10 heteroatoms. The van der Waals surface area contributed by atoms with Crippen LogP contribution >= 0.6 is 12.4 Å². The van der Waals surface area contributed by atoms with E-state index in [9.17, 15) is 10.1 Å². The molecule has 3 aromatic rings. The third-order valence-corrected chi connectivity index (χ3v) is 5.60. The van der Waals surface area contributed by atoms with Crippen molar-refractivity contribution in [2.45, 2.75) is 38.1 Å². The van der Waals surface area contributed by atoms with Crippen molar-refractivity contribution in [1.82, 2.24) is 9.97 Å². The lowest BCUT2D eigenvalue weighted by molar-refractivity contribution is -0.384. The van der Waals surface area contributed by atoms with Gasteiger partial charge in [-0.2, -0.15) is 0 Å². The van der Waals surface area contributed by atoms with Crippen LogP contribution in [0.1, 0.15) is 32.1 Å². The van der Waals surface area contributed by atoms with Gasteiger partial charge in [0.2, 0.25) is 5.95 Å². The zero-order valence-corrected chi connectivity index (χ0v) is 19.6. The molecule has 0 amide bonds. The van der Waals surface area contributed by atoms with Gasteiger partial charge >= 0.3 is 0 Å². The second-order valence-electron chi connectivity index (χ2n) is 7.93. The van der Waals surface area contributed by atoms with Gasteiger partial charge in [-0.15, -0.1) is 12.4 Å². The van der Waals surface area contributed by atoms with E-state index in [1.165, 1.54) is 18.6 Å². The molecule has 3 N–H and O–H groups in total. The van der Waals surface area contributed by atoms with Gasteiger partial charge in [0.15, 0.2) is 5.96 Å². The van der Waals surface area contributed by atoms with Crippen molar-refractivity contribution >= 4 is 30.0 Å². The Labute approximate surface area is 204 Å². The number of anilines is 1. The maximum Gasteiger partial charge on any atom is 0.270 e. The maximum absolute atomic E-state index is 11.3. The molecule has 0 spiro atoms. The molecule has 34 heavy (non-hydrogen) atoms. The predicted molar refractivity (Wildman–Crippen MR) is 135 cm³/mol. The number of aliphatic imine (C=N–C) groups is 1. The number of rotatable bonds is 6. The minimum atomic E-state index is -0.428. The van der Waals surface area contributed by atoms with Crippen LogP contribution in [0.5, 0.6) is 5.75 Å². The van der Waals surface area contributed by atoms with Gasteiger partial charge in [-0.1, -0.05) is 31.4 Å². The number of benzene rings is 2. The number of nitrogens with two attached hydrogens (primary N) is 1. The van der Waals surface area contributed by atoms with Crippen LogP contribution in [0.25, 0.3) is 22.5 Å². The molecule has 4 rings (SSSR count). The van der Waals surface area contributed by atoms with Gasteiger partial charge in [0.05, 0.1) is 29.5 Å². The molecule has 9 nitrogen and oxygen atoms in total. The van der Waals surface area contributed by atoms with Crippen LogP contribution in [0.2, 0.25) is 0 Å². The van der Waals surface area contributed by atoms with Gasteiger partial charge < -0.3 is 10.5 Å². The maximum atomic E-state index is 11.3. The van der Waals surface area contributed by atoms with E-state index >= 15 is 0 Å². The van der Waals surface area contributed by atoms with Crippen LogP contribution in [0.4, 0.5) is 11.6 Å². The molecule has 0 unspecified atom stereocenters. The Bertz CT molecular complexity index is 1160. The fourth-order valence-electron chi connectivity index (χ4n) is 3.89. The molecule has 1 aliphatic carbocycles. The molecule has 1 heterocycles. The van der Waals surface area contributed by atoms with Crippen LogP contribution in [-0.2, 0) is 0 Å². The van der Waals surface area contributed by atoms with Crippen molar-refractivity contribution in [1.29, 1.82) is 0 Å². The first kappa shape index (κ1) is 24.9. The van der Waals surface area contributed by atoms with Crippen LogP contribution in [0.15, 0.2) is 59.6 Å². The van der Waals surface area contributed by atoms with E-state index in [1.807, 2.05) is 24.3 Å². The van der Waals surface area contributed by atoms with Gasteiger partial charge in [-0.3, -0.25) is 15.4 Å². The summed E-state index contributed by atoms with van der Waals surface area (Å²) in [6.07, 6.45) is 5.59. The molecular formula is C24H27ClN6O3. The van der Waals surface area contributed by atoms with Crippen molar-refractivity contribution in [2.24, 2.45) is 10.7 Å². The monoisotopic (exact) mass is 482 g/mol. The topological polar surface area (TPSA) is 129 Å². The summed E-state index contributed by atoms with van der Waals surface area (Å²) in [5.74, 6) is 1.27. The molecule has 2 aromatic carbocycles. The van der Waals surface area contributed by atoms with E-state index in [0.29, 0.717) is 17.0 Å². The van der Waals surface area contributed by atoms with Crippen LogP contribution in [-0.4, -0.2) is 34.0 Å². The number of guanidine groups is 1. The lowest BCUT2D eigenvalue weighted by Gasteiger charge is -2.18. The van der Waals surface area contributed by atoms with Crippen molar-refractivity contribution in [3.63, 3.8) is 0 Å². The quantitative estimate of drug-likeness (QED) is 0.213. The Morgan fingerprint density at radius 3 is 2.38 bits per heavy atom. The lowest BCUT2D eigenvalue weighted by atomic mass is 9.96. The van der Waals surface area contributed by atoms with Crippen molar-refractivity contribution < 1.29 is 9.66 Å². The average molecular weight is 483 g/mol. The van der Waals surface area contributed by atoms with Gasteiger partial charge in [-0.05, 0) is 43.2 Å². The highest BCUT2D eigenvalue weighted by atomic mass is 35.5. The number of non-ortho nitro benzene ring substituents is 1. The standard InChI is InChI=1S/C24H26N6O3.ClH/c1-33-20-12-10-16(11-13-20)21-15-22(17-6-5-9-19(14-17)30(31)32)28-24(27-21)29-23(25)26-18-7-3-2-4-8-18;/h5-6,9-15,18H,2-4,7-8H2,1H3,(H3,25,26,27,28,29);1H. The molecule has 0 radical (unpaired) electrons. The van der Waals surface area contributed by atoms with Gasteiger partial charge in [-0.25, -0.2) is 15.0 Å². The summed E-state index contributed by atoms with van der Waals surface area (Å²) in [6, 6.07) is 15.8. The molecule has 0 atom stereocenters. The number of methoxy groups -OCH3 is 1. The van der Waals surface area contributed by atoms with Crippen molar-refractivity contribution in [3.8, 4) is 28.3 Å². The number of nitrogens with zero attached hydrogens (tertiary/aromatic N) is 4. The normalized spacial score (nSPS) is 14.2.